The van der Waals surface area contributed by atoms with Gasteiger partial charge in [-0.3, -0.25) is 4.99 Å². The van der Waals surface area contributed by atoms with Crippen molar-refractivity contribution in [2.75, 3.05) is 39.9 Å². The maximum absolute atomic E-state index is 5.68. The van der Waals surface area contributed by atoms with E-state index in [0.717, 1.165) is 58.1 Å². The summed E-state index contributed by atoms with van der Waals surface area (Å²) in [5.74, 6) is 1.74. The third-order valence-electron chi connectivity index (χ3n) is 6.59. The van der Waals surface area contributed by atoms with Crippen molar-refractivity contribution in [1.29, 1.82) is 0 Å². The van der Waals surface area contributed by atoms with Gasteiger partial charge in [-0.2, -0.15) is 0 Å². The van der Waals surface area contributed by atoms with Gasteiger partial charge in [0.15, 0.2) is 5.96 Å². The lowest BCUT2D eigenvalue weighted by atomic mass is 9.74. The molecule has 2 saturated heterocycles. The van der Waals surface area contributed by atoms with E-state index in [-0.39, 0.29) is 5.41 Å². The molecule has 0 saturated carbocycles. The summed E-state index contributed by atoms with van der Waals surface area (Å²) in [6, 6.07) is 21.8. The molecule has 0 amide bonds. The summed E-state index contributed by atoms with van der Waals surface area (Å²) in [5.41, 5.74) is 2.97. The summed E-state index contributed by atoms with van der Waals surface area (Å²) in [6.07, 6.45) is 4.49. The molecule has 29 heavy (non-hydrogen) atoms. The summed E-state index contributed by atoms with van der Waals surface area (Å²) >= 11 is 0. The number of rotatable bonds is 5. The predicted octanol–water partition coefficient (Wildman–Crippen LogP) is 3.87. The molecule has 2 aliphatic heterocycles. The second kappa shape index (κ2) is 9.45. The Hall–Kier alpha value is -2.33. The molecule has 0 spiro atoms. The standard InChI is InChI=1S/C25H33N3O/c1-26-24(28-15-12-22(19-28)18-21-8-4-2-5-9-21)27-20-25(13-16-29-17-14-25)23-10-6-3-7-11-23/h2-11,22H,12-20H2,1H3,(H,26,27). The average Bonchev–Trinajstić information content (AvgIpc) is 3.24. The average molecular weight is 392 g/mol. The number of hydrogen-bond acceptors (Lipinski definition) is 2. The summed E-state index contributed by atoms with van der Waals surface area (Å²) in [7, 11) is 1.91. The van der Waals surface area contributed by atoms with Crippen molar-refractivity contribution in [3.63, 3.8) is 0 Å². The van der Waals surface area contributed by atoms with Crippen molar-refractivity contribution < 1.29 is 4.74 Å². The largest absolute Gasteiger partial charge is 0.381 e. The van der Waals surface area contributed by atoms with Gasteiger partial charge in [0.25, 0.3) is 0 Å². The van der Waals surface area contributed by atoms with E-state index in [1.165, 1.54) is 17.5 Å². The zero-order valence-corrected chi connectivity index (χ0v) is 17.5. The fourth-order valence-corrected chi connectivity index (χ4v) is 4.84. The van der Waals surface area contributed by atoms with Crippen LogP contribution in [-0.4, -0.2) is 50.8 Å². The number of hydrogen-bond donors (Lipinski definition) is 1. The van der Waals surface area contributed by atoms with Crippen molar-refractivity contribution in [2.24, 2.45) is 10.9 Å². The minimum absolute atomic E-state index is 0.124. The minimum atomic E-state index is 0.124. The molecule has 154 valence electrons. The first-order chi connectivity index (χ1) is 14.3. The van der Waals surface area contributed by atoms with Crippen molar-refractivity contribution in [3.05, 3.63) is 71.8 Å². The van der Waals surface area contributed by atoms with Gasteiger partial charge >= 0.3 is 0 Å². The van der Waals surface area contributed by atoms with Crippen LogP contribution in [0.2, 0.25) is 0 Å². The summed E-state index contributed by atoms with van der Waals surface area (Å²) in [4.78, 5) is 7.06. The first kappa shape index (κ1) is 20.0. The molecule has 1 unspecified atom stereocenters. The molecule has 0 aromatic heterocycles. The molecular formula is C25H33N3O. The van der Waals surface area contributed by atoms with E-state index in [9.17, 15) is 0 Å². The highest BCUT2D eigenvalue weighted by molar-refractivity contribution is 5.80. The van der Waals surface area contributed by atoms with Crippen LogP contribution in [0, 0.1) is 5.92 Å². The van der Waals surface area contributed by atoms with Gasteiger partial charge in [-0.1, -0.05) is 60.7 Å². The molecule has 2 fully saturated rings. The third kappa shape index (κ3) is 4.81. The summed E-state index contributed by atoms with van der Waals surface area (Å²) < 4.78 is 5.68. The Morgan fingerprint density at radius 1 is 1.07 bits per heavy atom. The van der Waals surface area contributed by atoms with E-state index in [2.05, 4.69) is 75.9 Å². The van der Waals surface area contributed by atoms with Crippen LogP contribution < -0.4 is 5.32 Å². The van der Waals surface area contributed by atoms with E-state index in [1.54, 1.807) is 0 Å². The molecule has 2 heterocycles. The van der Waals surface area contributed by atoms with E-state index >= 15 is 0 Å². The zero-order chi connectivity index (χ0) is 19.9. The maximum atomic E-state index is 5.68. The Labute approximate surface area is 175 Å². The highest BCUT2D eigenvalue weighted by atomic mass is 16.5. The Kier molecular flexibility index (Phi) is 6.50. The number of ether oxygens (including phenoxy) is 1. The van der Waals surface area contributed by atoms with Crippen LogP contribution in [0.3, 0.4) is 0 Å². The molecule has 4 rings (SSSR count). The fraction of sp³-hybridized carbons (Fsp3) is 0.480. The van der Waals surface area contributed by atoms with Crippen LogP contribution in [0.25, 0.3) is 0 Å². The summed E-state index contributed by atoms with van der Waals surface area (Å²) in [6.45, 7) is 4.73. The van der Waals surface area contributed by atoms with Gasteiger partial charge in [0.1, 0.15) is 0 Å². The van der Waals surface area contributed by atoms with Crippen molar-refractivity contribution >= 4 is 5.96 Å². The topological polar surface area (TPSA) is 36.9 Å². The zero-order valence-electron chi connectivity index (χ0n) is 17.5. The van der Waals surface area contributed by atoms with Gasteiger partial charge in [-0.05, 0) is 42.7 Å². The molecule has 4 heteroatoms. The lowest BCUT2D eigenvalue weighted by molar-refractivity contribution is 0.0512. The minimum Gasteiger partial charge on any atom is -0.381 e. The van der Waals surface area contributed by atoms with Crippen LogP contribution in [0.15, 0.2) is 65.7 Å². The highest BCUT2D eigenvalue weighted by Crippen LogP contribution is 2.34. The Morgan fingerprint density at radius 2 is 1.76 bits per heavy atom. The Morgan fingerprint density at radius 3 is 2.45 bits per heavy atom. The molecule has 2 aromatic carbocycles. The lowest BCUT2D eigenvalue weighted by Gasteiger charge is -2.39. The van der Waals surface area contributed by atoms with Crippen LogP contribution >= 0.6 is 0 Å². The van der Waals surface area contributed by atoms with Crippen LogP contribution in [-0.2, 0) is 16.6 Å². The van der Waals surface area contributed by atoms with E-state index in [0.29, 0.717) is 5.92 Å². The van der Waals surface area contributed by atoms with E-state index in [4.69, 9.17) is 4.74 Å². The van der Waals surface area contributed by atoms with Gasteiger partial charge in [-0.25, -0.2) is 0 Å². The molecule has 0 bridgehead atoms. The molecule has 1 atom stereocenters. The van der Waals surface area contributed by atoms with Gasteiger partial charge in [-0.15, -0.1) is 0 Å². The molecular weight excluding hydrogens is 358 g/mol. The van der Waals surface area contributed by atoms with Crippen molar-refractivity contribution in [3.8, 4) is 0 Å². The number of nitrogens with one attached hydrogen (secondary N) is 1. The van der Waals surface area contributed by atoms with Gasteiger partial charge in [0.2, 0.25) is 0 Å². The lowest BCUT2D eigenvalue weighted by Crippen LogP contribution is -2.48. The van der Waals surface area contributed by atoms with Crippen LogP contribution in [0.1, 0.15) is 30.4 Å². The number of benzene rings is 2. The van der Waals surface area contributed by atoms with E-state index in [1.807, 2.05) is 7.05 Å². The van der Waals surface area contributed by atoms with Crippen LogP contribution in [0.5, 0.6) is 0 Å². The molecule has 1 N–H and O–H groups in total. The second-order valence-corrected chi connectivity index (χ2v) is 8.45. The number of likely N-dealkylation sites (tertiary alicyclic amines) is 1. The molecule has 2 aliphatic rings. The number of guanidine groups is 1. The third-order valence-corrected chi connectivity index (χ3v) is 6.59. The molecule has 0 aliphatic carbocycles. The van der Waals surface area contributed by atoms with Gasteiger partial charge in [0.05, 0.1) is 0 Å². The normalized spacial score (nSPS) is 21.9. The van der Waals surface area contributed by atoms with E-state index < -0.39 is 0 Å². The molecule has 2 aromatic rings. The Bertz CT molecular complexity index is 784. The molecule has 4 nitrogen and oxygen atoms in total. The van der Waals surface area contributed by atoms with Gasteiger partial charge in [0, 0.05) is 45.3 Å². The fourth-order valence-electron chi connectivity index (χ4n) is 4.84. The van der Waals surface area contributed by atoms with Crippen molar-refractivity contribution in [2.45, 2.75) is 31.1 Å². The van der Waals surface area contributed by atoms with Gasteiger partial charge < -0.3 is 15.0 Å². The predicted molar refractivity (Wildman–Crippen MR) is 119 cm³/mol. The SMILES string of the molecule is CN=C(NCC1(c2ccccc2)CCOCC1)N1CCC(Cc2ccccc2)C1. The first-order valence-corrected chi connectivity index (χ1v) is 10.9. The second-order valence-electron chi connectivity index (χ2n) is 8.45. The van der Waals surface area contributed by atoms with Crippen LogP contribution in [0.4, 0.5) is 0 Å². The quantitative estimate of drug-likeness (QED) is 0.621. The van der Waals surface area contributed by atoms with Crippen molar-refractivity contribution in [1.82, 2.24) is 10.2 Å². The number of nitrogens with zero attached hydrogens (tertiary/aromatic N) is 2. The number of aliphatic imine (C=N–C) groups is 1. The highest BCUT2D eigenvalue weighted by Gasteiger charge is 2.35. The monoisotopic (exact) mass is 391 g/mol. The maximum Gasteiger partial charge on any atom is 0.193 e. The smallest absolute Gasteiger partial charge is 0.193 e. The first-order valence-electron chi connectivity index (χ1n) is 10.9. The summed E-state index contributed by atoms with van der Waals surface area (Å²) in [5, 5.41) is 3.73. The Balaban J connectivity index is 1.38. The molecule has 0 radical (unpaired) electrons.